The SMILES string of the molecule is NCC(=O)N[C@@H](CO)C(=O)N[C@@H](CC(N)=O)C(=O)N[C@@H](Cc1ccc(O)cc1)C(=O)NCC(=O)O. The number of hydrogen-bond acceptors (Lipinski definition) is 9. The molecule has 0 bridgehead atoms. The van der Waals surface area contributed by atoms with Crippen LogP contribution in [0.15, 0.2) is 24.3 Å². The van der Waals surface area contributed by atoms with Gasteiger partial charge in [0.2, 0.25) is 29.5 Å². The molecule has 1 aromatic carbocycles. The van der Waals surface area contributed by atoms with Crippen molar-refractivity contribution in [1.82, 2.24) is 21.3 Å². The van der Waals surface area contributed by atoms with Crippen molar-refractivity contribution in [3.8, 4) is 5.75 Å². The molecule has 0 aromatic heterocycles. The minimum atomic E-state index is -1.60. The lowest BCUT2D eigenvalue weighted by atomic mass is 10.0. The normalized spacial score (nSPS) is 13.0. The molecule has 0 fully saturated rings. The van der Waals surface area contributed by atoms with E-state index in [4.69, 9.17) is 16.6 Å². The minimum absolute atomic E-state index is 0.0472. The maximum atomic E-state index is 12.9. The second-order valence-electron chi connectivity index (χ2n) is 7.28. The van der Waals surface area contributed by atoms with Crippen LogP contribution in [-0.2, 0) is 35.2 Å². The van der Waals surface area contributed by atoms with Crippen molar-refractivity contribution < 1.29 is 44.1 Å². The van der Waals surface area contributed by atoms with Crippen LogP contribution in [-0.4, -0.2) is 88.6 Å². The van der Waals surface area contributed by atoms with E-state index in [0.717, 1.165) is 0 Å². The Labute approximate surface area is 199 Å². The fourth-order valence-corrected chi connectivity index (χ4v) is 2.77. The second-order valence-corrected chi connectivity index (χ2v) is 7.28. The summed E-state index contributed by atoms with van der Waals surface area (Å²) in [6.45, 7) is -2.05. The molecular weight excluding hydrogens is 468 g/mol. The quantitative estimate of drug-likeness (QED) is 0.119. The summed E-state index contributed by atoms with van der Waals surface area (Å²) < 4.78 is 0. The molecule has 3 atom stereocenters. The Morgan fingerprint density at radius 1 is 0.857 bits per heavy atom. The number of phenols is 1. The van der Waals surface area contributed by atoms with Gasteiger partial charge in [0.1, 0.15) is 30.4 Å². The van der Waals surface area contributed by atoms with E-state index in [1.807, 2.05) is 0 Å². The van der Waals surface area contributed by atoms with E-state index in [9.17, 15) is 39.0 Å². The third-order valence-corrected chi connectivity index (χ3v) is 4.48. The Morgan fingerprint density at radius 3 is 1.94 bits per heavy atom. The fourth-order valence-electron chi connectivity index (χ4n) is 2.77. The van der Waals surface area contributed by atoms with Gasteiger partial charge in [0.15, 0.2) is 0 Å². The maximum Gasteiger partial charge on any atom is 0.322 e. The zero-order valence-electron chi connectivity index (χ0n) is 18.5. The predicted molar refractivity (Wildman–Crippen MR) is 118 cm³/mol. The van der Waals surface area contributed by atoms with E-state index in [1.54, 1.807) is 0 Å². The van der Waals surface area contributed by atoms with Gasteiger partial charge in [-0.3, -0.25) is 28.8 Å². The summed E-state index contributed by atoms with van der Waals surface area (Å²) in [5, 5.41) is 36.3. The van der Waals surface area contributed by atoms with Gasteiger partial charge in [0.25, 0.3) is 0 Å². The highest BCUT2D eigenvalue weighted by Crippen LogP contribution is 2.12. The maximum absolute atomic E-state index is 12.9. The van der Waals surface area contributed by atoms with Gasteiger partial charge in [0, 0.05) is 6.42 Å². The molecule has 1 aromatic rings. The van der Waals surface area contributed by atoms with Crippen molar-refractivity contribution in [1.29, 1.82) is 0 Å². The number of primary amides is 1. The smallest absolute Gasteiger partial charge is 0.322 e. The lowest BCUT2D eigenvalue weighted by molar-refractivity contribution is -0.138. The predicted octanol–water partition coefficient (Wildman–Crippen LogP) is -4.58. The number of aliphatic hydroxyl groups excluding tert-OH is 1. The van der Waals surface area contributed by atoms with Crippen LogP contribution in [0.4, 0.5) is 0 Å². The van der Waals surface area contributed by atoms with Crippen molar-refractivity contribution in [3.63, 3.8) is 0 Å². The Morgan fingerprint density at radius 2 is 1.43 bits per heavy atom. The first-order chi connectivity index (χ1) is 16.5. The number of benzene rings is 1. The van der Waals surface area contributed by atoms with Gasteiger partial charge in [-0.05, 0) is 17.7 Å². The van der Waals surface area contributed by atoms with Gasteiger partial charge >= 0.3 is 5.97 Å². The second kappa shape index (κ2) is 14.1. The Hall–Kier alpha value is -4.24. The zero-order chi connectivity index (χ0) is 26.5. The fraction of sp³-hybridized carbons (Fsp3) is 0.400. The highest BCUT2D eigenvalue weighted by molar-refractivity contribution is 5.96. The number of amides is 5. The van der Waals surface area contributed by atoms with Crippen LogP contribution >= 0.6 is 0 Å². The Balaban J connectivity index is 3.07. The molecule has 0 aliphatic heterocycles. The monoisotopic (exact) mass is 496 g/mol. The van der Waals surface area contributed by atoms with Crippen LogP contribution in [0.1, 0.15) is 12.0 Å². The van der Waals surface area contributed by atoms with Crippen molar-refractivity contribution in [2.24, 2.45) is 11.5 Å². The lowest BCUT2D eigenvalue weighted by Gasteiger charge is -2.24. The molecule has 0 aliphatic rings. The van der Waals surface area contributed by atoms with E-state index in [2.05, 4.69) is 21.3 Å². The Bertz CT molecular complexity index is 938. The summed E-state index contributed by atoms with van der Waals surface area (Å²) >= 11 is 0. The number of nitrogens with two attached hydrogens (primary N) is 2. The van der Waals surface area contributed by atoms with Crippen LogP contribution in [0.2, 0.25) is 0 Å². The van der Waals surface area contributed by atoms with Crippen molar-refractivity contribution in [3.05, 3.63) is 29.8 Å². The third-order valence-electron chi connectivity index (χ3n) is 4.48. The molecule has 11 N–H and O–H groups in total. The number of nitrogens with one attached hydrogen (secondary N) is 4. The highest BCUT2D eigenvalue weighted by atomic mass is 16.4. The molecule has 0 saturated heterocycles. The van der Waals surface area contributed by atoms with Crippen LogP contribution in [0, 0.1) is 0 Å². The van der Waals surface area contributed by atoms with Gasteiger partial charge in [-0.2, -0.15) is 0 Å². The van der Waals surface area contributed by atoms with Crippen molar-refractivity contribution in [2.45, 2.75) is 31.0 Å². The number of rotatable bonds is 14. The largest absolute Gasteiger partial charge is 0.508 e. The number of carboxylic acids is 1. The first-order valence-electron chi connectivity index (χ1n) is 10.2. The number of carbonyl (C=O) groups is 6. The summed E-state index contributed by atoms with van der Waals surface area (Å²) in [6, 6.07) is 1.18. The number of aliphatic carboxylic acids is 1. The molecule has 0 aliphatic carbocycles. The summed E-state index contributed by atoms with van der Waals surface area (Å²) in [7, 11) is 0. The standard InChI is InChI=1S/C20H28N6O9/c21-7-16(30)24-14(9-27)20(35)26-13(6-15(22)29)19(34)25-12(18(33)23-8-17(31)32)5-10-1-3-11(28)4-2-10/h1-4,12-14,27-28H,5-9,21H2,(H2,22,29)(H,23,33)(H,24,30)(H,25,34)(H,26,35)(H,31,32)/t12-,13-,14-/m0/s1. The third kappa shape index (κ3) is 10.5. The van der Waals surface area contributed by atoms with E-state index < -0.39 is 79.7 Å². The molecule has 0 saturated carbocycles. The van der Waals surface area contributed by atoms with Gasteiger partial charge in [-0.1, -0.05) is 12.1 Å². The number of carbonyl (C=O) groups excluding carboxylic acids is 5. The number of aliphatic hydroxyl groups is 1. The molecule has 15 nitrogen and oxygen atoms in total. The van der Waals surface area contributed by atoms with Crippen molar-refractivity contribution in [2.75, 3.05) is 19.7 Å². The topological polar surface area (TPSA) is 263 Å². The summed E-state index contributed by atoms with van der Waals surface area (Å²) in [6.07, 6.45) is -0.830. The van der Waals surface area contributed by atoms with E-state index in [1.165, 1.54) is 24.3 Å². The van der Waals surface area contributed by atoms with Gasteiger partial charge in [-0.15, -0.1) is 0 Å². The first kappa shape index (κ1) is 28.8. The molecular formula is C20H28N6O9. The molecule has 0 unspecified atom stereocenters. The minimum Gasteiger partial charge on any atom is -0.508 e. The molecule has 5 amide bonds. The molecule has 1 rings (SSSR count). The molecule has 192 valence electrons. The molecule has 35 heavy (non-hydrogen) atoms. The first-order valence-corrected chi connectivity index (χ1v) is 10.2. The lowest BCUT2D eigenvalue weighted by Crippen LogP contribution is -2.58. The average Bonchev–Trinajstić information content (AvgIpc) is 2.80. The molecule has 15 heteroatoms. The van der Waals surface area contributed by atoms with Crippen molar-refractivity contribution >= 4 is 35.5 Å². The molecule has 0 heterocycles. The van der Waals surface area contributed by atoms with Gasteiger partial charge in [-0.25, -0.2) is 0 Å². The molecule has 0 spiro atoms. The van der Waals surface area contributed by atoms with Crippen LogP contribution in [0.5, 0.6) is 5.75 Å². The number of hydrogen-bond donors (Lipinski definition) is 9. The number of aromatic hydroxyl groups is 1. The van der Waals surface area contributed by atoms with E-state index in [-0.39, 0.29) is 12.2 Å². The van der Waals surface area contributed by atoms with Gasteiger partial charge < -0.3 is 48.1 Å². The number of carboxylic acid groups (broad SMARTS) is 1. The summed E-state index contributed by atoms with van der Waals surface area (Å²) in [5.41, 5.74) is 10.8. The Kier molecular flexibility index (Phi) is 11.6. The van der Waals surface area contributed by atoms with Crippen LogP contribution in [0.3, 0.4) is 0 Å². The van der Waals surface area contributed by atoms with Crippen LogP contribution in [0.25, 0.3) is 0 Å². The zero-order valence-corrected chi connectivity index (χ0v) is 18.5. The summed E-state index contributed by atoms with van der Waals surface area (Å²) in [4.78, 5) is 71.5. The van der Waals surface area contributed by atoms with Crippen LogP contribution < -0.4 is 32.7 Å². The average molecular weight is 496 g/mol. The number of phenolic OH excluding ortho intramolecular Hbond substituents is 1. The highest BCUT2D eigenvalue weighted by Gasteiger charge is 2.30. The van der Waals surface area contributed by atoms with E-state index >= 15 is 0 Å². The summed E-state index contributed by atoms with van der Waals surface area (Å²) in [5.74, 6) is -6.05. The molecule has 0 radical (unpaired) electrons. The van der Waals surface area contributed by atoms with Gasteiger partial charge in [0.05, 0.1) is 19.6 Å². The van der Waals surface area contributed by atoms with E-state index in [0.29, 0.717) is 5.56 Å².